The maximum absolute atomic E-state index is 13.0. The van der Waals surface area contributed by atoms with E-state index in [1.54, 1.807) is 12.1 Å². The van der Waals surface area contributed by atoms with Gasteiger partial charge in [-0.3, -0.25) is 0 Å². The second-order valence-corrected chi connectivity index (χ2v) is 4.61. The smallest absolute Gasteiger partial charge is 0.420 e. The van der Waals surface area contributed by atoms with E-state index in [0.717, 1.165) is 6.07 Å². The number of halogens is 3. The molecule has 0 bridgehead atoms. The van der Waals surface area contributed by atoms with E-state index in [9.17, 15) is 18.0 Å². The number of ether oxygens (including phenoxy) is 1. The SMILES string of the molecule is N#Cc1ccc(OCc2cccc(C(=O)O)c2)c(C(F)(F)F)c1. The fourth-order valence-corrected chi connectivity index (χ4v) is 1.90. The zero-order valence-corrected chi connectivity index (χ0v) is 11.6. The van der Waals surface area contributed by atoms with E-state index in [-0.39, 0.29) is 17.7 Å². The van der Waals surface area contributed by atoms with Gasteiger partial charge in [0.2, 0.25) is 0 Å². The molecule has 118 valence electrons. The molecule has 7 heteroatoms. The number of alkyl halides is 3. The number of hydrogen-bond donors (Lipinski definition) is 1. The molecule has 0 aliphatic carbocycles. The van der Waals surface area contributed by atoms with Crippen molar-refractivity contribution in [3.63, 3.8) is 0 Å². The van der Waals surface area contributed by atoms with Crippen LogP contribution in [-0.2, 0) is 12.8 Å². The van der Waals surface area contributed by atoms with Crippen LogP contribution in [0.1, 0.15) is 27.0 Å². The molecule has 0 aliphatic rings. The van der Waals surface area contributed by atoms with Crippen LogP contribution in [0.15, 0.2) is 42.5 Å². The van der Waals surface area contributed by atoms with Gasteiger partial charge in [0, 0.05) is 0 Å². The molecule has 23 heavy (non-hydrogen) atoms. The minimum absolute atomic E-state index is 0.0157. The molecule has 0 spiro atoms. The molecule has 4 nitrogen and oxygen atoms in total. The third-order valence-corrected chi connectivity index (χ3v) is 2.98. The number of rotatable bonds is 4. The van der Waals surface area contributed by atoms with Crippen LogP contribution in [0.3, 0.4) is 0 Å². The summed E-state index contributed by atoms with van der Waals surface area (Å²) in [7, 11) is 0. The fraction of sp³-hybridized carbons (Fsp3) is 0.125. The standard InChI is InChI=1S/C16H10F3NO3/c17-16(18,19)13-7-10(8-20)4-5-14(13)23-9-11-2-1-3-12(6-11)15(21)22/h1-7H,9H2,(H,21,22). The molecule has 0 unspecified atom stereocenters. The van der Waals surface area contributed by atoms with Gasteiger partial charge in [0.1, 0.15) is 12.4 Å². The van der Waals surface area contributed by atoms with Crippen molar-refractivity contribution in [3.05, 3.63) is 64.7 Å². The predicted octanol–water partition coefficient (Wildman–Crippen LogP) is 3.85. The van der Waals surface area contributed by atoms with Crippen molar-refractivity contribution in [3.8, 4) is 11.8 Å². The van der Waals surface area contributed by atoms with Gasteiger partial charge in [-0.1, -0.05) is 12.1 Å². The fourth-order valence-electron chi connectivity index (χ4n) is 1.90. The van der Waals surface area contributed by atoms with E-state index in [0.29, 0.717) is 11.6 Å². The van der Waals surface area contributed by atoms with Crippen LogP contribution in [0.25, 0.3) is 0 Å². The lowest BCUT2D eigenvalue weighted by Crippen LogP contribution is -2.09. The number of benzene rings is 2. The normalized spacial score (nSPS) is 10.9. The topological polar surface area (TPSA) is 70.3 Å². The van der Waals surface area contributed by atoms with Crippen LogP contribution in [0, 0.1) is 11.3 Å². The van der Waals surface area contributed by atoms with E-state index >= 15 is 0 Å². The van der Waals surface area contributed by atoms with Gasteiger partial charge in [-0.25, -0.2) is 4.79 Å². The Balaban J connectivity index is 2.26. The highest BCUT2D eigenvalue weighted by Crippen LogP contribution is 2.37. The van der Waals surface area contributed by atoms with Gasteiger partial charge in [-0.2, -0.15) is 18.4 Å². The van der Waals surface area contributed by atoms with Crippen molar-refractivity contribution in [2.75, 3.05) is 0 Å². The molecule has 1 N–H and O–H groups in total. The maximum atomic E-state index is 13.0. The molecule has 2 rings (SSSR count). The number of carboxylic acid groups (broad SMARTS) is 1. The molecule has 0 amide bonds. The molecular formula is C16H10F3NO3. The monoisotopic (exact) mass is 321 g/mol. The quantitative estimate of drug-likeness (QED) is 0.928. The molecule has 0 aliphatic heterocycles. The number of aromatic carboxylic acids is 1. The number of nitrogens with zero attached hydrogens (tertiary/aromatic N) is 1. The highest BCUT2D eigenvalue weighted by Gasteiger charge is 2.34. The maximum Gasteiger partial charge on any atom is 0.420 e. The first-order chi connectivity index (χ1) is 10.8. The highest BCUT2D eigenvalue weighted by molar-refractivity contribution is 5.87. The van der Waals surface area contributed by atoms with Crippen molar-refractivity contribution in [2.24, 2.45) is 0 Å². The zero-order valence-electron chi connectivity index (χ0n) is 11.6. The Labute approximate surface area is 129 Å². The van der Waals surface area contributed by atoms with Crippen LogP contribution in [0.5, 0.6) is 5.75 Å². The van der Waals surface area contributed by atoms with Gasteiger partial charge in [-0.15, -0.1) is 0 Å². The van der Waals surface area contributed by atoms with E-state index in [2.05, 4.69) is 0 Å². The van der Waals surface area contributed by atoms with E-state index in [1.165, 1.54) is 24.3 Å². The van der Waals surface area contributed by atoms with Crippen molar-refractivity contribution in [2.45, 2.75) is 12.8 Å². The summed E-state index contributed by atoms with van der Waals surface area (Å²) < 4.78 is 44.1. The number of nitriles is 1. The molecule has 2 aromatic rings. The van der Waals surface area contributed by atoms with Crippen molar-refractivity contribution < 1.29 is 27.8 Å². The van der Waals surface area contributed by atoms with Crippen molar-refractivity contribution in [1.29, 1.82) is 5.26 Å². The van der Waals surface area contributed by atoms with Crippen LogP contribution < -0.4 is 4.74 Å². The molecular weight excluding hydrogens is 311 g/mol. The Bertz CT molecular complexity index is 779. The molecule has 0 aromatic heterocycles. The summed E-state index contributed by atoms with van der Waals surface area (Å²) in [5, 5.41) is 17.6. The van der Waals surface area contributed by atoms with Crippen LogP contribution >= 0.6 is 0 Å². The second kappa shape index (κ2) is 6.40. The van der Waals surface area contributed by atoms with Gasteiger partial charge in [0.05, 0.1) is 22.8 Å². The first kappa shape index (κ1) is 16.4. The Hall–Kier alpha value is -3.01. The highest BCUT2D eigenvalue weighted by atomic mass is 19.4. The minimum Gasteiger partial charge on any atom is -0.488 e. The Morgan fingerprint density at radius 1 is 1.22 bits per heavy atom. The van der Waals surface area contributed by atoms with E-state index in [4.69, 9.17) is 15.1 Å². The van der Waals surface area contributed by atoms with Gasteiger partial charge in [-0.05, 0) is 35.9 Å². The average molecular weight is 321 g/mol. The van der Waals surface area contributed by atoms with Crippen LogP contribution in [0.4, 0.5) is 13.2 Å². The molecule has 2 aromatic carbocycles. The summed E-state index contributed by atoms with van der Waals surface area (Å²) in [6, 6.07) is 10.4. The first-order valence-electron chi connectivity index (χ1n) is 6.37. The minimum atomic E-state index is -4.66. The summed E-state index contributed by atoms with van der Waals surface area (Å²) in [5.41, 5.74) is -0.743. The third-order valence-electron chi connectivity index (χ3n) is 2.98. The molecule has 0 saturated heterocycles. The number of hydrogen-bond acceptors (Lipinski definition) is 3. The Morgan fingerprint density at radius 3 is 2.57 bits per heavy atom. The summed E-state index contributed by atoms with van der Waals surface area (Å²) in [5.74, 6) is -1.56. The van der Waals surface area contributed by atoms with Crippen LogP contribution in [0.2, 0.25) is 0 Å². The summed E-state index contributed by atoms with van der Waals surface area (Å²) in [4.78, 5) is 10.9. The second-order valence-electron chi connectivity index (χ2n) is 4.61. The molecule has 0 heterocycles. The first-order valence-corrected chi connectivity index (χ1v) is 6.37. The number of carboxylic acids is 1. The molecule has 0 radical (unpaired) electrons. The summed E-state index contributed by atoms with van der Waals surface area (Å²) in [6.45, 7) is -0.226. The van der Waals surface area contributed by atoms with Gasteiger partial charge >= 0.3 is 12.1 Å². The predicted molar refractivity (Wildman–Crippen MR) is 73.9 cm³/mol. The molecule has 0 atom stereocenters. The number of carbonyl (C=O) groups is 1. The lowest BCUT2D eigenvalue weighted by atomic mass is 10.1. The van der Waals surface area contributed by atoms with Gasteiger partial charge < -0.3 is 9.84 Å². The third kappa shape index (κ3) is 4.01. The van der Waals surface area contributed by atoms with Crippen molar-refractivity contribution >= 4 is 5.97 Å². The summed E-state index contributed by atoms with van der Waals surface area (Å²) in [6.07, 6.45) is -4.66. The van der Waals surface area contributed by atoms with E-state index < -0.39 is 23.5 Å². The Kier molecular flexibility index (Phi) is 4.55. The Morgan fingerprint density at radius 2 is 1.96 bits per heavy atom. The van der Waals surface area contributed by atoms with Crippen molar-refractivity contribution in [1.82, 2.24) is 0 Å². The lowest BCUT2D eigenvalue weighted by molar-refractivity contribution is -0.139. The average Bonchev–Trinajstić information content (AvgIpc) is 2.52. The van der Waals surface area contributed by atoms with Gasteiger partial charge in [0.25, 0.3) is 0 Å². The summed E-state index contributed by atoms with van der Waals surface area (Å²) >= 11 is 0. The largest absolute Gasteiger partial charge is 0.488 e. The molecule has 0 saturated carbocycles. The lowest BCUT2D eigenvalue weighted by Gasteiger charge is -2.14. The van der Waals surface area contributed by atoms with Crippen LogP contribution in [-0.4, -0.2) is 11.1 Å². The molecule has 0 fully saturated rings. The van der Waals surface area contributed by atoms with E-state index in [1.807, 2.05) is 0 Å². The van der Waals surface area contributed by atoms with Gasteiger partial charge in [0.15, 0.2) is 0 Å². The zero-order chi connectivity index (χ0) is 17.0.